The SMILES string of the molecule is COc1ccc(Cn2c(=O)ccn(C)c2=O)cc1[N+](=O)[O-]. The summed E-state index contributed by atoms with van der Waals surface area (Å²) in [6.45, 7) is -0.0445. The second-order valence-corrected chi connectivity index (χ2v) is 4.40. The molecular weight excluding hydrogens is 278 g/mol. The highest BCUT2D eigenvalue weighted by atomic mass is 16.6. The zero-order valence-electron chi connectivity index (χ0n) is 11.5. The van der Waals surface area contributed by atoms with Crippen LogP contribution in [0.5, 0.6) is 5.75 Å². The molecule has 0 N–H and O–H groups in total. The lowest BCUT2D eigenvalue weighted by Gasteiger charge is -2.08. The molecule has 0 bridgehead atoms. The maximum Gasteiger partial charge on any atom is 0.331 e. The van der Waals surface area contributed by atoms with Crippen LogP contribution in [0.2, 0.25) is 0 Å². The summed E-state index contributed by atoms with van der Waals surface area (Å²) in [7, 11) is 2.86. The summed E-state index contributed by atoms with van der Waals surface area (Å²) in [4.78, 5) is 34.0. The zero-order chi connectivity index (χ0) is 15.6. The molecule has 8 nitrogen and oxygen atoms in total. The van der Waals surface area contributed by atoms with Crippen molar-refractivity contribution in [3.8, 4) is 5.75 Å². The fourth-order valence-corrected chi connectivity index (χ4v) is 1.92. The summed E-state index contributed by atoms with van der Waals surface area (Å²) in [5.74, 6) is 0.122. The minimum Gasteiger partial charge on any atom is -0.490 e. The van der Waals surface area contributed by atoms with Crippen LogP contribution in [0.25, 0.3) is 0 Å². The number of aromatic nitrogens is 2. The summed E-state index contributed by atoms with van der Waals surface area (Å²) < 4.78 is 7.17. The number of methoxy groups -OCH3 is 1. The Kier molecular flexibility index (Phi) is 3.88. The smallest absolute Gasteiger partial charge is 0.331 e. The van der Waals surface area contributed by atoms with E-state index in [4.69, 9.17) is 4.74 Å². The first-order valence-electron chi connectivity index (χ1n) is 6.02. The monoisotopic (exact) mass is 291 g/mol. The van der Waals surface area contributed by atoms with Crippen molar-refractivity contribution in [1.29, 1.82) is 0 Å². The van der Waals surface area contributed by atoms with Gasteiger partial charge in [0.05, 0.1) is 18.6 Å². The fraction of sp³-hybridized carbons (Fsp3) is 0.231. The van der Waals surface area contributed by atoms with Gasteiger partial charge in [0.15, 0.2) is 5.75 Å². The number of nitrogens with zero attached hydrogens (tertiary/aromatic N) is 3. The molecule has 0 atom stereocenters. The van der Waals surface area contributed by atoms with E-state index in [1.165, 1.54) is 43.1 Å². The molecular formula is C13H13N3O5. The minimum atomic E-state index is -0.575. The Labute approximate surface area is 119 Å². The van der Waals surface area contributed by atoms with E-state index in [0.29, 0.717) is 5.56 Å². The van der Waals surface area contributed by atoms with Crippen LogP contribution in [0.3, 0.4) is 0 Å². The number of ether oxygens (including phenoxy) is 1. The Morgan fingerprint density at radius 2 is 2.00 bits per heavy atom. The van der Waals surface area contributed by atoms with Crippen molar-refractivity contribution in [2.75, 3.05) is 7.11 Å². The van der Waals surface area contributed by atoms with E-state index in [-0.39, 0.29) is 18.0 Å². The van der Waals surface area contributed by atoms with E-state index in [1.54, 1.807) is 6.07 Å². The molecule has 2 rings (SSSR count). The lowest BCUT2D eigenvalue weighted by Crippen LogP contribution is -2.38. The first-order valence-corrected chi connectivity index (χ1v) is 6.02. The molecule has 1 aromatic carbocycles. The fourth-order valence-electron chi connectivity index (χ4n) is 1.92. The van der Waals surface area contributed by atoms with E-state index >= 15 is 0 Å². The quantitative estimate of drug-likeness (QED) is 0.604. The highest BCUT2D eigenvalue weighted by Crippen LogP contribution is 2.27. The van der Waals surface area contributed by atoms with Crippen LogP contribution in [0.15, 0.2) is 40.1 Å². The number of hydrogen-bond acceptors (Lipinski definition) is 5. The van der Waals surface area contributed by atoms with Gasteiger partial charge in [-0.3, -0.25) is 19.5 Å². The molecule has 2 aromatic rings. The molecule has 1 heterocycles. The maximum atomic E-state index is 11.9. The number of aryl methyl sites for hydroxylation is 1. The molecule has 0 aliphatic rings. The topological polar surface area (TPSA) is 96.4 Å². The predicted molar refractivity (Wildman–Crippen MR) is 74.7 cm³/mol. The molecule has 0 amide bonds. The van der Waals surface area contributed by atoms with Crippen LogP contribution >= 0.6 is 0 Å². The highest BCUT2D eigenvalue weighted by molar-refractivity contribution is 5.48. The third kappa shape index (κ3) is 2.83. The number of nitro groups is 1. The Bertz CT molecular complexity index is 806. The van der Waals surface area contributed by atoms with Crippen LogP contribution in [0.1, 0.15) is 5.56 Å². The van der Waals surface area contributed by atoms with Gasteiger partial charge in [-0.15, -0.1) is 0 Å². The molecule has 0 spiro atoms. The van der Waals surface area contributed by atoms with E-state index in [9.17, 15) is 19.7 Å². The summed E-state index contributed by atoms with van der Waals surface area (Å²) >= 11 is 0. The number of benzene rings is 1. The van der Waals surface area contributed by atoms with Gasteiger partial charge in [0, 0.05) is 25.4 Å². The third-order valence-electron chi connectivity index (χ3n) is 3.02. The third-order valence-corrected chi connectivity index (χ3v) is 3.02. The molecule has 0 saturated heterocycles. The van der Waals surface area contributed by atoms with E-state index in [2.05, 4.69) is 0 Å². The van der Waals surface area contributed by atoms with Gasteiger partial charge in [-0.2, -0.15) is 0 Å². The molecule has 0 unspecified atom stereocenters. The second-order valence-electron chi connectivity index (χ2n) is 4.40. The van der Waals surface area contributed by atoms with Gasteiger partial charge in [0.1, 0.15) is 0 Å². The van der Waals surface area contributed by atoms with Crippen molar-refractivity contribution in [2.45, 2.75) is 6.54 Å². The Hall–Kier alpha value is -2.90. The van der Waals surface area contributed by atoms with Gasteiger partial charge in [-0.25, -0.2) is 4.79 Å². The average Bonchev–Trinajstić information content (AvgIpc) is 2.47. The summed E-state index contributed by atoms with van der Waals surface area (Å²) in [5, 5.41) is 11.0. The van der Waals surface area contributed by atoms with Crippen molar-refractivity contribution in [3.05, 3.63) is 67.0 Å². The molecule has 1 aromatic heterocycles. The second kappa shape index (κ2) is 5.61. The van der Waals surface area contributed by atoms with Crippen molar-refractivity contribution >= 4 is 5.69 Å². The van der Waals surface area contributed by atoms with Gasteiger partial charge in [0.25, 0.3) is 5.56 Å². The van der Waals surface area contributed by atoms with Crippen molar-refractivity contribution < 1.29 is 9.66 Å². The van der Waals surface area contributed by atoms with Crippen LogP contribution in [-0.2, 0) is 13.6 Å². The average molecular weight is 291 g/mol. The Morgan fingerprint density at radius 3 is 2.62 bits per heavy atom. The lowest BCUT2D eigenvalue weighted by molar-refractivity contribution is -0.385. The highest BCUT2D eigenvalue weighted by Gasteiger charge is 2.16. The lowest BCUT2D eigenvalue weighted by atomic mass is 10.2. The molecule has 0 fully saturated rings. The van der Waals surface area contributed by atoms with Crippen LogP contribution in [0, 0.1) is 10.1 Å². The Balaban J connectivity index is 2.49. The largest absolute Gasteiger partial charge is 0.490 e. The number of hydrogen-bond donors (Lipinski definition) is 0. The van der Waals surface area contributed by atoms with Crippen LogP contribution in [0.4, 0.5) is 5.69 Å². The Morgan fingerprint density at radius 1 is 1.29 bits per heavy atom. The van der Waals surface area contributed by atoms with Crippen molar-refractivity contribution in [1.82, 2.24) is 9.13 Å². The minimum absolute atomic E-state index is 0.0445. The maximum absolute atomic E-state index is 11.9. The zero-order valence-corrected chi connectivity index (χ0v) is 11.5. The molecule has 0 aliphatic heterocycles. The van der Waals surface area contributed by atoms with Crippen LogP contribution < -0.4 is 16.0 Å². The number of nitro benzene ring substituents is 1. The summed E-state index contributed by atoms with van der Waals surface area (Å²) in [5.41, 5.74) is -0.693. The molecule has 110 valence electrons. The standard InChI is InChI=1S/C13H13N3O5/c1-14-6-5-12(17)15(13(14)18)8-9-3-4-11(21-2)10(7-9)16(19)20/h3-7H,8H2,1-2H3. The molecule has 0 aliphatic carbocycles. The van der Waals surface area contributed by atoms with Crippen LogP contribution in [-0.4, -0.2) is 21.2 Å². The molecule has 0 radical (unpaired) electrons. The first-order chi connectivity index (χ1) is 9.93. The summed E-state index contributed by atoms with van der Waals surface area (Å²) in [6, 6.07) is 5.56. The van der Waals surface area contributed by atoms with E-state index in [0.717, 1.165) is 4.57 Å². The first kappa shape index (κ1) is 14.5. The molecule has 0 saturated carbocycles. The van der Waals surface area contributed by atoms with Gasteiger partial charge in [0.2, 0.25) is 0 Å². The molecule has 21 heavy (non-hydrogen) atoms. The van der Waals surface area contributed by atoms with Crippen molar-refractivity contribution in [3.63, 3.8) is 0 Å². The molecule has 8 heteroatoms. The van der Waals surface area contributed by atoms with Gasteiger partial charge in [-0.1, -0.05) is 6.07 Å². The normalized spacial score (nSPS) is 10.4. The number of rotatable bonds is 4. The van der Waals surface area contributed by atoms with Gasteiger partial charge >= 0.3 is 11.4 Å². The van der Waals surface area contributed by atoms with E-state index < -0.39 is 16.2 Å². The predicted octanol–water partition coefficient (Wildman–Crippen LogP) is 0.512. The van der Waals surface area contributed by atoms with E-state index in [1.807, 2.05) is 0 Å². The van der Waals surface area contributed by atoms with Crippen molar-refractivity contribution in [2.24, 2.45) is 7.05 Å². The summed E-state index contributed by atoms with van der Waals surface area (Å²) in [6.07, 6.45) is 1.37. The van der Waals surface area contributed by atoms with Gasteiger partial charge < -0.3 is 9.30 Å². The van der Waals surface area contributed by atoms with Gasteiger partial charge in [-0.05, 0) is 11.6 Å².